The van der Waals surface area contributed by atoms with E-state index in [1.807, 2.05) is 12.1 Å². The standard InChI is InChI=1S/C28H38N5O7P/c29-27(30)31-16-8-14-22(26(35)36)32-25(34)21-13-7-15-23(21)41(38,39)24(17-19-9-3-1-4-10-19)33-28(37)40-18-20-11-5-2-6-12-20/h1-6,9-12,21-24H,7-8,13-18H2,(H,32,34)(H,33,37)(H,35,36)(H,38,39)(H4,29,30,31). The maximum atomic E-state index is 14.1. The Bertz CT molecular complexity index is 1240. The summed E-state index contributed by atoms with van der Waals surface area (Å²) in [6.07, 6.45) is 0.689. The van der Waals surface area contributed by atoms with E-state index in [1.54, 1.807) is 48.5 Å². The second-order valence-electron chi connectivity index (χ2n) is 10.0. The van der Waals surface area contributed by atoms with Gasteiger partial charge in [-0.3, -0.25) is 14.4 Å². The number of amides is 2. The molecule has 13 heteroatoms. The van der Waals surface area contributed by atoms with Crippen LogP contribution in [0.25, 0.3) is 0 Å². The molecule has 1 fully saturated rings. The first-order valence-corrected chi connectivity index (χ1v) is 15.3. The molecule has 2 aromatic carbocycles. The van der Waals surface area contributed by atoms with E-state index in [1.165, 1.54) is 0 Å². The monoisotopic (exact) mass is 587 g/mol. The second kappa shape index (κ2) is 15.2. The first-order chi connectivity index (χ1) is 19.6. The molecule has 12 nitrogen and oxygen atoms in total. The molecule has 0 saturated heterocycles. The third kappa shape index (κ3) is 9.61. The number of ether oxygens (including phenoxy) is 1. The summed E-state index contributed by atoms with van der Waals surface area (Å²) >= 11 is 0. The average molecular weight is 588 g/mol. The largest absolute Gasteiger partial charge is 0.480 e. The molecule has 1 saturated carbocycles. The minimum Gasteiger partial charge on any atom is -0.480 e. The summed E-state index contributed by atoms with van der Waals surface area (Å²) < 4.78 is 19.4. The molecule has 5 unspecified atom stereocenters. The molecular weight excluding hydrogens is 549 g/mol. The molecule has 0 aliphatic heterocycles. The van der Waals surface area contributed by atoms with Gasteiger partial charge in [0.15, 0.2) is 5.96 Å². The van der Waals surface area contributed by atoms with E-state index >= 15 is 0 Å². The fraction of sp³-hybridized carbons (Fsp3) is 0.429. The number of nitrogens with zero attached hydrogens (tertiary/aromatic N) is 1. The Labute approximate surface area is 239 Å². The van der Waals surface area contributed by atoms with Gasteiger partial charge >= 0.3 is 12.1 Å². The van der Waals surface area contributed by atoms with Gasteiger partial charge in [-0.25, -0.2) is 9.59 Å². The Kier molecular flexibility index (Phi) is 11.7. The Morgan fingerprint density at radius 2 is 1.63 bits per heavy atom. The normalized spacial score (nSPS) is 19.2. The van der Waals surface area contributed by atoms with E-state index in [2.05, 4.69) is 15.6 Å². The van der Waals surface area contributed by atoms with Gasteiger partial charge in [0.2, 0.25) is 13.3 Å². The van der Waals surface area contributed by atoms with Crippen LogP contribution in [-0.2, 0) is 31.9 Å². The number of rotatable bonds is 14. The molecule has 0 heterocycles. The van der Waals surface area contributed by atoms with Gasteiger partial charge < -0.3 is 36.8 Å². The number of carboxylic acids is 1. The number of carbonyl (C=O) groups excluding carboxylic acids is 2. The van der Waals surface area contributed by atoms with Crippen molar-refractivity contribution in [3.05, 3.63) is 71.8 Å². The van der Waals surface area contributed by atoms with Crippen LogP contribution in [0, 0.1) is 5.92 Å². The van der Waals surface area contributed by atoms with Gasteiger partial charge in [0, 0.05) is 24.5 Å². The minimum atomic E-state index is -4.25. The number of hydrogen-bond donors (Lipinski definition) is 6. The molecule has 2 amide bonds. The number of carboxylic acid groups (broad SMARTS) is 1. The van der Waals surface area contributed by atoms with Crippen molar-refractivity contribution in [2.45, 2.75) is 62.6 Å². The summed E-state index contributed by atoms with van der Waals surface area (Å²) in [4.78, 5) is 53.1. The van der Waals surface area contributed by atoms with Crippen LogP contribution in [0.3, 0.4) is 0 Å². The van der Waals surface area contributed by atoms with Crippen molar-refractivity contribution >= 4 is 31.3 Å². The molecule has 0 radical (unpaired) electrons. The highest BCUT2D eigenvalue weighted by atomic mass is 31.2. The molecule has 1 aliphatic rings. The van der Waals surface area contributed by atoms with E-state index in [4.69, 9.17) is 16.2 Å². The van der Waals surface area contributed by atoms with Crippen molar-refractivity contribution in [2.75, 3.05) is 6.54 Å². The van der Waals surface area contributed by atoms with Gasteiger partial charge in [0.25, 0.3) is 0 Å². The van der Waals surface area contributed by atoms with Crippen molar-refractivity contribution in [3.63, 3.8) is 0 Å². The van der Waals surface area contributed by atoms with Crippen molar-refractivity contribution < 1.29 is 33.7 Å². The van der Waals surface area contributed by atoms with Gasteiger partial charge in [-0.05, 0) is 36.8 Å². The highest BCUT2D eigenvalue weighted by Gasteiger charge is 2.49. The van der Waals surface area contributed by atoms with Crippen LogP contribution >= 0.6 is 7.37 Å². The Morgan fingerprint density at radius 1 is 1.00 bits per heavy atom. The molecule has 5 atom stereocenters. The fourth-order valence-electron chi connectivity index (χ4n) is 4.97. The van der Waals surface area contributed by atoms with Crippen LogP contribution in [0.4, 0.5) is 4.79 Å². The minimum absolute atomic E-state index is 0.0192. The number of nitrogens with one attached hydrogen (secondary N) is 2. The van der Waals surface area contributed by atoms with Crippen LogP contribution in [0.1, 0.15) is 43.2 Å². The third-order valence-corrected chi connectivity index (χ3v) is 9.84. The van der Waals surface area contributed by atoms with Gasteiger partial charge in [0.05, 0.1) is 0 Å². The maximum absolute atomic E-state index is 14.1. The number of alkyl carbamates (subject to hydrolysis) is 1. The molecule has 8 N–H and O–H groups in total. The zero-order chi connectivity index (χ0) is 29.8. The van der Waals surface area contributed by atoms with Crippen molar-refractivity contribution in [1.29, 1.82) is 0 Å². The van der Waals surface area contributed by atoms with E-state index in [0.717, 1.165) is 11.1 Å². The van der Waals surface area contributed by atoms with E-state index in [0.29, 0.717) is 19.3 Å². The number of aliphatic imine (C=N–C) groups is 1. The zero-order valence-electron chi connectivity index (χ0n) is 22.7. The van der Waals surface area contributed by atoms with Gasteiger partial charge in [0.1, 0.15) is 18.4 Å². The van der Waals surface area contributed by atoms with E-state index < -0.39 is 48.7 Å². The number of aliphatic carboxylic acids is 1. The van der Waals surface area contributed by atoms with Crippen molar-refractivity contribution in [3.8, 4) is 0 Å². The highest BCUT2D eigenvalue weighted by molar-refractivity contribution is 7.59. The third-order valence-electron chi connectivity index (χ3n) is 7.07. The SMILES string of the molecule is NC(N)=NCCCC(NC(=O)C1CCCC1P(=O)(O)C(Cc1ccccc1)NC(=O)OCc1ccccc1)C(=O)O. The number of guanidine groups is 1. The zero-order valence-corrected chi connectivity index (χ0v) is 23.6. The van der Waals surface area contributed by atoms with Crippen LogP contribution in [0.15, 0.2) is 65.7 Å². The Balaban J connectivity index is 1.74. The lowest BCUT2D eigenvalue weighted by Gasteiger charge is -2.31. The van der Waals surface area contributed by atoms with Gasteiger partial charge in [-0.15, -0.1) is 0 Å². The molecule has 41 heavy (non-hydrogen) atoms. The molecule has 3 rings (SSSR count). The van der Waals surface area contributed by atoms with E-state index in [9.17, 15) is 28.9 Å². The summed E-state index contributed by atoms with van der Waals surface area (Å²) in [5.41, 5.74) is 11.1. The molecule has 2 aromatic rings. The Hall–Kier alpha value is -3.89. The maximum Gasteiger partial charge on any atom is 0.408 e. The highest BCUT2D eigenvalue weighted by Crippen LogP contribution is 2.58. The molecule has 0 bridgehead atoms. The van der Waals surface area contributed by atoms with Crippen molar-refractivity contribution in [2.24, 2.45) is 22.4 Å². The predicted molar refractivity (Wildman–Crippen MR) is 154 cm³/mol. The van der Waals surface area contributed by atoms with E-state index in [-0.39, 0.29) is 38.4 Å². The smallest absolute Gasteiger partial charge is 0.408 e. The quantitative estimate of drug-likeness (QED) is 0.0830. The summed E-state index contributed by atoms with van der Waals surface area (Å²) in [5, 5.41) is 14.7. The molecular formula is C28H38N5O7P. The molecule has 222 valence electrons. The summed E-state index contributed by atoms with van der Waals surface area (Å²) in [5.74, 6) is -4.07. The number of hydrogen-bond acceptors (Lipinski definition) is 6. The number of carbonyl (C=O) groups is 3. The summed E-state index contributed by atoms with van der Waals surface area (Å²) in [6, 6.07) is 16.8. The predicted octanol–water partition coefficient (Wildman–Crippen LogP) is 2.54. The second-order valence-corrected chi connectivity index (χ2v) is 12.7. The lowest BCUT2D eigenvalue weighted by molar-refractivity contribution is -0.142. The molecule has 0 aromatic heterocycles. The Morgan fingerprint density at radius 3 is 2.24 bits per heavy atom. The summed E-state index contributed by atoms with van der Waals surface area (Å²) in [7, 11) is -4.25. The fourth-order valence-corrected chi connectivity index (χ4v) is 7.55. The first kappa shape index (κ1) is 31.6. The van der Waals surface area contributed by atoms with Crippen LogP contribution in [-0.4, -0.2) is 58.0 Å². The molecule has 1 aliphatic carbocycles. The summed E-state index contributed by atoms with van der Waals surface area (Å²) in [6.45, 7) is 0.182. The number of benzene rings is 2. The van der Waals surface area contributed by atoms with Gasteiger partial charge in [-0.2, -0.15) is 0 Å². The average Bonchev–Trinajstić information content (AvgIpc) is 3.45. The lowest BCUT2D eigenvalue weighted by Crippen LogP contribution is -2.46. The van der Waals surface area contributed by atoms with Gasteiger partial charge in [-0.1, -0.05) is 67.1 Å². The molecule has 0 spiro atoms. The van der Waals surface area contributed by atoms with Crippen molar-refractivity contribution in [1.82, 2.24) is 10.6 Å². The first-order valence-electron chi connectivity index (χ1n) is 13.5. The topological polar surface area (TPSA) is 206 Å². The van der Waals surface area contributed by atoms with Crippen LogP contribution < -0.4 is 22.1 Å². The lowest BCUT2D eigenvalue weighted by atomic mass is 10.1. The number of nitrogens with two attached hydrogens (primary N) is 2. The van der Waals surface area contributed by atoms with Crippen LogP contribution in [0.2, 0.25) is 0 Å². The van der Waals surface area contributed by atoms with Crippen LogP contribution in [0.5, 0.6) is 0 Å².